The van der Waals surface area contributed by atoms with Crippen molar-refractivity contribution in [3.63, 3.8) is 0 Å². The number of methoxy groups -OCH3 is 1. The topological polar surface area (TPSA) is 77.2 Å². The number of ether oxygens (including phenoxy) is 3. The molecule has 1 heterocycles. The molecule has 7 heteroatoms. The van der Waals surface area contributed by atoms with Crippen molar-refractivity contribution >= 4 is 5.96 Å². The zero-order valence-electron chi connectivity index (χ0n) is 17.6. The fraction of sp³-hybridized carbons (Fsp3) is 0.500. The number of hydrogen-bond acceptors (Lipinski definition) is 5. The van der Waals surface area contributed by atoms with Gasteiger partial charge < -0.3 is 29.3 Å². The van der Waals surface area contributed by atoms with Crippen molar-refractivity contribution in [2.75, 3.05) is 40.0 Å². The summed E-state index contributed by atoms with van der Waals surface area (Å²) in [4.78, 5) is 4.67. The molecule has 0 amide bonds. The number of nitrogens with one attached hydrogen (secondary N) is 2. The molecule has 7 nitrogen and oxygen atoms in total. The monoisotopic (exact) mass is 403 g/mol. The third kappa shape index (κ3) is 8.91. The van der Waals surface area contributed by atoms with E-state index in [-0.39, 0.29) is 6.10 Å². The summed E-state index contributed by atoms with van der Waals surface area (Å²) in [6.07, 6.45) is 3.30. The summed E-state index contributed by atoms with van der Waals surface area (Å²) in [5.74, 6) is 3.13. The van der Waals surface area contributed by atoms with Crippen molar-refractivity contribution in [3.8, 4) is 11.5 Å². The van der Waals surface area contributed by atoms with Crippen LogP contribution in [0.15, 0.2) is 52.1 Å². The molecule has 160 valence electrons. The minimum absolute atomic E-state index is 0.0987. The second-order valence-corrected chi connectivity index (χ2v) is 6.50. The Morgan fingerprint density at radius 2 is 1.90 bits per heavy atom. The summed E-state index contributed by atoms with van der Waals surface area (Å²) in [6, 6.07) is 11.5. The van der Waals surface area contributed by atoms with Crippen molar-refractivity contribution in [3.05, 3.63) is 48.4 Å². The van der Waals surface area contributed by atoms with Gasteiger partial charge >= 0.3 is 0 Å². The van der Waals surface area contributed by atoms with E-state index in [0.29, 0.717) is 12.3 Å². The minimum atomic E-state index is -0.0987. The van der Waals surface area contributed by atoms with Crippen LogP contribution >= 0.6 is 0 Å². The minimum Gasteiger partial charge on any atom is -0.493 e. The standard InChI is InChI=1S/C22H33N3O4/c1-4-27-15-8-13-23-22(24-14-12-19-9-7-16-28-19)25-17-18(2)29-21-11-6-5-10-20(21)26-3/h5-7,9-11,16,18H,4,8,12-15,17H2,1-3H3,(H2,23,24,25). The number of furan rings is 1. The van der Waals surface area contributed by atoms with Gasteiger partial charge in [0, 0.05) is 32.7 Å². The van der Waals surface area contributed by atoms with Crippen molar-refractivity contribution in [1.29, 1.82) is 0 Å². The SMILES string of the molecule is CCOCCCNC(=NCC(C)Oc1ccccc1OC)NCCc1ccco1. The maximum Gasteiger partial charge on any atom is 0.191 e. The highest BCUT2D eigenvalue weighted by Crippen LogP contribution is 2.26. The first kappa shape index (κ1) is 22.6. The lowest BCUT2D eigenvalue weighted by atomic mass is 10.3. The highest BCUT2D eigenvalue weighted by molar-refractivity contribution is 5.79. The maximum atomic E-state index is 5.99. The van der Waals surface area contributed by atoms with Gasteiger partial charge in [-0.05, 0) is 44.5 Å². The van der Waals surface area contributed by atoms with Crippen LogP contribution in [-0.2, 0) is 11.2 Å². The molecule has 2 aromatic rings. The lowest BCUT2D eigenvalue weighted by Crippen LogP contribution is -2.40. The number of nitrogens with zero attached hydrogens (tertiary/aromatic N) is 1. The fourth-order valence-corrected chi connectivity index (χ4v) is 2.65. The van der Waals surface area contributed by atoms with Crippen LogP contribution in [0.25, 0.3) is 0 Å². The highest BCUT2D eigenvalue weighted by atomic mass is 16.5. The van der Waals surface area contributed by atoms with Gasteiger partial charge in [-0.15, -0.1) is 0 Å². The van der Waals surface area contributed by atoms with Crippen LogP contribution in [0.5, 0.6) is 11.5 Å². The molecule has 0 aliphatic carbocycles. The predicted molar refractivity (Wildman–Crippen MR) is 115 cm³/mol. The van der Waals surface area contributed by atoms with Crippen LogP contribution in [0.2, 0.25) is 0 Å². The van der Waals surface area contributed by atoms with Crippen molar-refractivity contribution in [2.45, 2.75) is 32.8 Å². The predicted octanol–water partition coefficient (Wildman–Crippen LogP) is 3.26. The number of para-hydroxylation sites is 2. The number of hydrogen-bond donors (Lipinski definition) is 2. The van der Waals surface area contributed by atoms with Crippen LogP contribution in [-0.4, -0.2) is 52.0 Å². The summed E-state index contributed by atoms with van der Waals surface area (Å²) in [5.41, 5.74) is 0. The molecule has 1 aromatic carbocycles. The maximum absolute atomic E-state index is 5.99. The molecular weight excluding hydrogens is 370 g/mol. The van der Waals surface area contributed by atoms with Gasteiger partial charge in [-0.1, -0.05) is 12.1 Å². The molecule has 0 saturated heterocycles. The van der Waals surface area contributed by atoms with Gasteiger partial charge in [-0.25, -0.2) is 4.99 Å². The van der Waals surface area contributed by atoms with E-state index in [2.05, 4.69) is 15.6 Å². The average molecular weight is 404 g/mol. The fourth-order valence-electron chi connectivity index (χ4n) is 2.65. The Balaban J connectivity index is 1.85. The van der Waals surface area contributed by atoms with E-state index in [1.165, 1.54) is 0 Å². The zero-order chi connectivity index (χ0) is 20.7. The lowest BCUT2D eigenvalue weighted by Gasteiger charge is -2.17. The van der Waals surface area contributed by atoms with Crippen LogP contribution in [0.4, 0.5) is 0 Å². The van der Waals surface area contributed by atoms with E-state index in [4.69, 9.17) is 18.6 Å². The molecule has 0 aliphatic rings. The van der Waals surface area contributed by atoms with E-state index in [0.717, 1.165) is 56.6 Å². The van der Waals surface area contributed by atoms with E-state index >= 15 is 0 Å². The molecule has 0 radical (unpaired) electrons. The van der Waals surface area contributed by atoms with Gasteiger partial charge in [0.1, 0.15) is 11.9 Å². The zero-order valence-corrected chi connectivity index (χ0v) is 17.6. The van der Waals surface area contributed by atoms with Crippen molar-refractivity contribution < 1.29 is 18.6 Å². The molecule has 2 N–H and O–H groups in total. The van der Waals surface area contributed by atoms with Crippen LogP contribution < -0.4 is 20.1 Å². The number of guanidine groups is 1. The first-order valence-electron chi connectivity index (χ1n) is 10.1. The summed E-state index contributed by atoms with van der Waals surface area (Å²) in [5, 5.41) is 6.70. The molecule has 0 spiro atoms. The molecule has 0 bridgehead atoms. The Labute approximate surface area is 173 Å². The number of aliphatic imine (C=N–C) groups is 1. The molecule has 1 unspecified atom stereocenters. The Morgan fingerprint density at radius 3 is 2.62 bits per heavy atom. The molecule has 0 saturated carbocycles. The molecular formula is C22H33N3O4. The largest absolute Gasteiger partial charge is 0.493 e. The Morgan fingerprint density at radius 1 is 1.10 bits per heavy atom. The van der Waals surface area contributed by atoms with Crippen molar-refractivity contribution in [2.24, 2.45) is 4.99 Å². The van der Waals surface area contributed by atoms with Gasteiger partial charge in [0.15, 0.2) is 17.5 Å². The van der Waals surface area contributed by atoms with E-state index < -0.39 is 0 Å². The van der Waals surface area contributed by atoms with Crippen LogP contribution in [0.1, 0.15) is 26.0 Å². The van der Waals surface area contributed by atoms with Gasteiger partial charge in [-0.2, -0.15) is 0 Å². The normalized spacial score (nSPS) is 12.4. The van der Waals surface area contributed by atoms with Crippen LogP contribution in [0.3, 0.4) is 0 Å². The summed E-state index contributed by atoms with van der Waals surface area (Å²) in [6.45, 7) is 7.49. The average Bonchev–Trinajstić information content (AvgIpc) is 3.25. The first-order valence-corrected chi connectivity index (χ1v) is 10.1. The van der Waals surface area contributed by atoms with Gasteiger partial charge in [0.05, 0.1) is 19.9 Å². The Bertz CT molecular complexity index is 704. The summed E-state index contributed by atoms with van der Waals surface area (Å²) >= 11 is 0. The van der Waals surface area contributed by atoms with Gasteiger partial charge in [0.25, 0.3) is 0 Å². The molecule has 1 atom stereocenters. The Kier molecular flexibility index (Phi) is 10.5. The first-order chi connectivity index (χ1) is 14.2. The molecule has 0 fully saturated rings. The van der Waals surface area contributed by atoms with Crippen molar-refractivity contribution in [1.82, 2.24) is 10.6 Å². The summed E-state index contributed by atoms with van der Waals surface area (Å²) < 4.78 is 22.1. The van der Waals surface area contributed by atoms with Gasteiger partial charge in [-0.3, -0.25) is 0 Å². The second kappa shape index (κ2) is 13.5. The highest BCUT2D eigenvalue weighted by Gasteiger charge is 2.09. The summed E-state index contributed by atoms with van der Waals surface area (Å²) in [7, 11) is 1.64. The van der Waals surface area contributed by atoms with E-state index in [1.54, 1.807) is 13.4 Å². The van der Waals surface area contributed by atoms with Gasteiger partial charge in [0.2, 0.25) is 0 Å². The van der Waals surface area contributed by atoms with E-state index in [1.807, 2.05) is 50.2 Å². The second-order valence-electron chi connectivity index (χ2n) is 6.50. The van der Waals surface area contributed by atoms with E-state index in [9.17, 15) is 0 Å². The molecule has 2 rings (SSSR count). The molecule has 1 aromatic heterocycles. The third-order valence-corrected chi connectivity index (χ3v) is 4.11. The molecule has 0 aliphatic heterocycles. The smallest absolute Gasteiger partial charge is 0.191 e. The quantitative estimate of drug-likeness (QED) is 0.304. The number of benzene rings is 1. The van der Waals surface area contributed by atoms with Crippen LogP contribution in [0, 0.1) is 0 Å². The number of rotatable bonds is 13. The third-order valence-electron chi connectivity index (χ3n) is 4.11. The lowest BCUT2D eigenvalue weighted by molar-refractivity contribution is 0.145. The molecule has 29 heavy (non-hydrogen) atoms. The Hall–Kier alpha value is -2.67.